The summed E-state index contributed by atoms with van der Waals surface area (Å²) in [7, 11) is 0. The Morgan fingerprint density at radius 2 is 2.16 bits per heavy atom. The molecule has 1 aliphatic rings. The predicted molar refractivity (Wildman–Crippen MR) is 95.7 cm³/mol. The van der Waals surface area contributed by atoms with Crippen molar-refractivity contribution in [2.45, 2.75) is 31.9 Å². The van der Waals surface area contributed by atoms with Gasteiger partial charge in [-0.25, -0.2) is 0 Å². The number of ketones is 1. The molecule has 2 aromatic rings. The van der Waals surface area contributed by atoms with Gasteiger partial charge in [-0.3, -0.25) is 14.7 Å². The highest BCUT2D eigenvalue weighted by molar-refractivity contribution is 5.94. The molecule has 0 radical (unpaired) electrons. The number of benzene rings is 1. The first-order chi connectivity index (χ1) is 12.1. The summed E-state index contributed by atoms with van der Waals surface area (Å²) in [5.41, 5.74) is 1.86. The molecule has 2 heterocycles. The molecule has 1 aromatic carbocycles. The summed E-state index contributed by atoms with van der Waals surface area (Å²) in [6.45, 7) is 3.28. The van der Waals surface area contributed by atoms with E-state index in [9.17, 15) is 9.90 Å². The molecule has 0 saturated carbocycles. The molecule has 1 fully saturated rings. The number of aliphatic hydroxyl groups excluding tert-OH is 1. The van der Waals surface area contributed by atoms with Gasteiger partial charge < -0.3 is 9.84 Å². The van der Waals surface area contributed by atoms with Crippen LogP contribution in [0.5, 0.6) is 5.75 Å². The third-order valence-corrected chi connectivity index (χ3v) is 4.58. The number of β-amino-alcohol motifs (C(OH)–C–C–N with tert-alkyl or cyclic N) is 1. The molecule has 25 heavy (non-hydrogen) atoms. The van der Waals surface area contributed by atoms with Crippen LogP contribution in [0.15, 0.2) is 48.8 Å². The number of aromatic nitrogens is 1. The van der Waals surface area contributed by atoms with Crippen LogP contribution in [0.3, 0.4) is 0 Å². The molecule has 2 unspecified atom stereocenters. The Labute approximate surface area is 148 Å². The molecule has 1 saturated heterocycles. The van der Waals surface area contributed by atoms with E-state index in [0.717, 1.165) is 19.4 Å². The van der Waals surface area contributed by atoms with Crippen molar-refractivity contribution >= 4 is 5.78 Å². The van der Waals surface area contributed by atoms with Crippen molar-refractivity contribution in [1.82, 2.24) is 9.88 Å². The molecule has 0 amide bonds. The zero-order chi connectivity index (χ0) is 17.6. The molecule has 0 aliphatic carbocycles. The summed E-state index contributed by atoms with van der Waals surface area (Å²) >= 11 is 0. The van der Waals surface area contributed by atoms with Gasteiger partial charge in [0.2, 0.25) is 0 Å². The summed E-state index contributed by atoms with van der Waals surface area (Å²) in [5.74, 6) is 0.613. The zero-order valence-corrected chi connectivity index (χ0v) is 14.5. The summed E-state index contributed by atoms with van der Waals surface area (Å²) in [6, 6.07) is 11.5. The highest BCUT2D eigenvalue weighted by atomic mass is 16.5. The Morgan fingerprint density at radius 3 is 2.92 bits per heavy atom. The van der Waals surface area contributed by atoms with E-state index < -0.39 is 6.10 Å². The maximum absolute atomic E-state index is 11.4. The molecule has 1 N–H and O–H groups in total. The van der Waals surface area contributed by atoms with E-state index in [2.05, 4.69) is 9.88 Å². The first kappa shape index (κ1) is 17.6. The van der Waals surface area contributed by atoms with E-state index in [1.807, 2.05) is 24.5 Å². The van der Waals surface area contributed by atoms with Crippen molar-refractivity contribution in [3.63, 3.8) is 0 Å². The fourth-order valence-electron chi connectivity index (χ4n) is 3.33. The van der Waals surface area contributed by atoms with Gasteiger partial charge >= 0.3 is 0 Å². The van der Waals surface area contributed by atoms with Gasteiger partial charge in [-0.1, -0.05) is 12.1 Å². The maximum Gasteiger partial charge on any atom is 0.159 e. The standard InChI is InChI=1S/C20H24N2O3/c1-15(23)17-4-2-5-19(12-17)25-14-18(24)13-22-11-3-6-20(22)16-7-9-21-10-8-16/h2,4-5,7-10,12,18,20,24H,3,6,11,13-14H2,1H3. The number of hydrogen-bond acceptors (Lipinski definition) is 5. The largest absolute Gasteiger partial charge is 0.491 e. The van der Waals surface area contributed by atoms with E-state index in [1.54, 1.807) is 24.3 Å². The molecule has 1 aliphatic heterocycles. The van der Waals surface area contributed by atoms with Crippen molar-refractivity contribution in [2.75, 3.05) is 19.7 Å². The number of pyridine rings is 1. The molecule has 2 atom stereocenters. The van der Waals surface area contributed by atoms with Crippen molar-refractivity contribution in [2.24, 2.45) is 0 Å². The third-order valence-electron chi connectivity index (χ3n) is 4.58. The van der Waals surface area contributed by atoms with E-state index >= 15 is 0 Å². The van der Waals surface area contributed by atoms with Crippen LogP contribution >= 0.6 is 0 Å². The van der Waals surface area contributed by atoms with Gasteiger partial charge in [0.25, 0.3) is 0 Å². The minimum Gasteiger partial charge on any atom is -0.491 e. The Balaban J connectivity index is 1.54. The van der Waals surface area contributed by atoms with Crippen molar-refractivity contribution in [3.05, 3.63) is 59.9 Å². The Morgan fingerprint density at radius 1 is 1.36 bits per heavy atom. The van der Waals surface area contributed by atoms with Gasteiger partial charge in [0.15, 0.2) is 5.78 Å². The second-order valence-electron chi connectivity index (χ2n) is 6.48. The van der Waals surface area contributed by atoms with Gasteiger partial charge in [0.05, 0.1) is 0 Å². The molecule has 0 bridgehead atoms. The topological polar surface area (TPSA) is 62.7 Å². The van der Waals surface area contributed by atoms with Crippen molar-refractivity contribution < 1.29 is 14.6 Å². The Kier molecular flexibility index (Phi) is 5.79. The number of hydrogen-bond donors (Lipinski definition) is 1. The van der Waals surface area contributed by atoms with Gasteiger partial charge in [-0.2, -0.15) is 0 Å². The number of likely N-dealkylation sites (tertiary alicyclic amines) is 1. The molecule has 5 heteroatoms. The van der Waals surface area contributed by atoms with Crippen LogP contribution < -0.4 is 4.74 Å². The monoisotopic (exact) mass is 340 g/mol. The van der Waals surface area contributed by atoms with Crippen molar-refractivity contribution in [3.8, 4) is 5.75 Å². The fourth-order valence-corrected chi connectivity index (χ4v) is 3.33. The lowest BCUT2D eigenvalue weighted by Gasteiger charge is -2.27. The first-order valence-electron chi connectivity index (χ1n) is 8.69. The van der Waals surface area contributed by atoms with Crippen LogP contribution in [-0.4, -0.2) is 46.6 Å². The normalized spacial score (nSPS) is 18.9. The summed E-state index contributed by atoms with van der Waals surface area (Å²) in [6.07, 6.45) is 5.27. The SMILES string of the molecule is CC(=O)c1cccc(OCC(O)CN2CCCC2c2ccncc2)c1. The summed E-state index contributed by atoms with van der Waals surface area (Å²) < 4.78 is 5.67. The highest BCUT2D eigenvalue weighted by Crippen LogP contribution is 2.31. The predicted octanol–water partition coefficient (Wildman–Crippen LogP) is 2.86. The second kappa shape index (κ2) is 8.23. The van der Waals surface area contributed by atoms with Crippen LogP contribution in [-0.2, 0) is 0 Å². The lowest BCUT2D eigenvalue weighted by molar-refractivity contribution is 0.0638. The smallest absolute Gasteiger partial charge is 0.159 e. The molecule has 5 nitrogen and oxygen atoms in total. The van der Waals surface area contributed by atoms with Crippen LogP contribution in [0.1, 0.15) is 41.7 Å². The summed E-state index contributed by atoms with van der Waals surface area (Å²) in [5, 5.41) is 10.4. The van der Waals surface area contributed by atoms with Crippen molar-refractivity contribution in [1.29, 1.82) is 0 Å². The van der Waals surface area contributed by atoms with Crippen LogP contribution in [0.2, 0.25) is 0 Å². The van der Waals surface area contributed by atoms with E-state index in [-0.39, 0.29) is 12.4 Å². The average Bonchev–Trinajstić information content (AvgIpc) is 3.09. The molecular formula is C20H24N2O3. The molecule has 1 aromatic heterocycles. The summed E-state index contributed by atoms with van der Waals surface area (Å²) in [4.78, 5) is 17.8. The number of rotatable bonds is 7. The fraction of sp³-hybridized carbons (Fsp3) is 0.400. The Hall–Kier alpha value is -2.24. The number of carbonyl (C=O) groups excluding carboxylic acids is 1. The first-order valence-corrected chi connectivity index (χ1v) is 8.69. The van der Waals surface area contributed by atoms with Gasteiger partial charge in [-0.05, 0) is 56.1 Å². The second-order valence-corrected chi connectivity index (χ2v) is 6.48. The number of ether oxygens (including phenoxy) is 1. The number of Topliss-reactive ketones (excluding diaryl/α,β-unsaturated/α-hetero) is 1. The minimum atomic E-state index is -0.580. The van der Waals surface area contributed by atoms with E-state index in [1.165, 1.54) is 12.5 Å². The quantitative estimate of drug-likeness (QED) is 0.785. The Bertz CT molecular complexity index is 705. The van der Waals surface area contributed by atoms with Gasteiger partial charge in [0.1, 0.15) is 18.5 Å². The van der Waals surface area contributed by atoms with E-state index in [0.29, 0.717) is 23.9 Å². The van der Waals surface area contributed by atoms with Crippen LogP contribution in [0, 0.1) is 0 Å². The zero-order valence-electron chi connectivity index (χ0n) is 14.5. The molecular weight excluding hydrogens is 316 g/mol. The molecule has 3 rings (SSSR count). The number of aliphatic hydroxyl groups is 1. The van der Waals surface area contributed by atoms with E-state index in [4.69, 9.17) is 4.74 Å². The van der Waals surface area contributed by atoms with Crippen LogP contribution in [0.25, 0.3) is 0 Å². The number of carbonyl (C=O) groups is 1. The lowest BCUT2D eigenvalue weighted by atomic mass is 10.1. The average molecular weight is 340 g/mol. The highest BCUT2D eigenvalue weighted by Gasteiger charge is 2.27. The lowest BCUT2D eigenvalue weighted by Crippen LogP contribution is -2.35. The third kappa shape index (κ3) is 4.65. The minimum absolute atomic E-state index is 0.00302. The van der Waals surface area contributed by atoms with Gasteiger partial charge in [-0.15, -0.1) is 0 Å². The maximum atomic E-state index is 11.4. The molecule has 132 valence electrons. The van der Waals surface area contributed by atoms with Gasteiger partial charge in [0, 0.05) is 30.5 Å². The molecule has 0 spiro atoms. The van der Waals surface area contributed by atoms with Crippen LogP contribution in [0.4, 0.5) is 0 Å². The number of nitrogens with zero attached hydrogens (tertiary/aromatic N) is 2.